The second kappa shape index (κ2) is 7.38. The highest BCUT2D eigenvalue weighted by molar-refractivity contribution is 9.10. The second-order valence-corrected chi connectivity index (χ2v) is 5.09. The fourth-order valence-corrected chi connectivity index (χ4v) is 2.14. The molecular formula is C13H19BrN2O2. The number of primary amides is 1. The molecule has 0 fully saturated rings. The van der Waals surface area contributed by atoms with E-state index in [0.29, 0.717) is 0 Å². The standard InChI is InChI=1S/C13H19BrN2O2/c1-2-3-6-16(8-13(15)18)12-7-11(14)5-4-10(12)9-17/h4-5,7,17H,2-3,6,8-9H2,1H3,(H2,15,18). The van der Waals surface area contributed by atoms with E-state index in [1.54, 1.807) is 0 Å². The predicted octanol–water partition coefficient (Wildman–Crippen LogP) is 2.03. The summed E-state index contributed by atoms with van der Waals surface area (Å²) < 4.78 is 0.917. The molecule has 4 nitrogen and oxygen atoms in total. The number of hydrogen-bond acceptors (Lipinski definition) is 3. The lowest BCUT2D eigenvalue weighted by atomic mass is 10.1. The van der Waals surface area contributed by atoms with Gasteiger partial charge in [-0.25, -0.2) is 0 Å². The molecule has 0 aliphatic rings. The minimum atomic E-state index is -0.366. The Kier molecular flexibility index (Phi) is 6.15. The third-order valence-electron chi connectivity index (χ3n) is 2.69. The van der Waals surface area contributed by atoms with Gasteiger partial charge in [0.2, 0.25) is 5.91 Å². The number of benzene rings is 1. The molecule has 1 aromatic carbocycles. The fourth-order valence-electron chi connectivity index (χ4n) is 1.79. The highest BCUT2D eigenvalue weighted by atomic mass is 79.9. The number of anilines is 1. The minimum Gasteiger partial charge on any atom is -0.392 e. The quantitative estimate of drug-likeness (QED) is 0.809. The molecule has 100 valence electrons. The van der Waals surface area contributed by atoms with Crippen molar-refractivity contribution in [3.63, 3.8) is 0 Å². The summed E-state index contributed by atoms with van der Waals surface area (Å²) in [6, 6.07) is 5.63. The number of nitrogens with zero attached hydrogens (tertiary/aromatic N) is 1. The van der Waals surface area contributed by atoms with Crippen molar-refractivity contribution in [3.8, 4) is 0 Å². The van der Waals surface area contributed by atoms with Crippen LogP contribution in [0, 0.1) is 0 Å². The van der Waals surface area contributed by atoms with E-state index in [1.165, 1.54) is 0 Å². The van der Waals surface area contributed by atoms with Crippen LogP contribution < -0.4 is 10.6 Å². The average molecular weight is 315 g/mol. The van der Waals surface area contributed by atoms with E-state index in [-0.39, 0.29) is 19.1 Å². The van der Waals surface area contributed by atoms with Crippen LogP contribution in [0.5, 0.6) is 0 Å². The molecule has 0 saturated carbocycles. The number of aliphatic hydroxyl groups excluding tert-OH is 1. The Bertz CT molecular complexity index is 410. The number of nitrogens with two attached hydrogens (primary N) is 1. The van der Waals surface area contributed by atoms with Crippen LogP contribution in [0.15, 0.2) is 22.7 Å². The lowest BCUT2D eigenvalue weighted by molar-refractivity contribution is -0.116. The zero-order valence-corrected chi connectivity index (χ0v) is 12.1. The van der Waals surface area contributed by atoms with Gasteiger partial charge in [-0.2, -0.15) is 0 Å². The van der Waals surface area contributed by atoms with Gasteiger partial charge in [0.25, 0.3) is 0 Å². The van der Waals surface area contributed by atoms with Crippen molar-refractivity contribution in [2.24, 2.45) is 5.73 Å². The van der Waals surface area contributed by atoms with Crippen molar-refractivity contribution in [1.82, 2.24) is 0 Å². The first kappa shape index (κ1) is 15.0. The van der Waals surface area contributed by atoms with Crippen LogP contribution in [-0.2, 0) is 11.4 Å². The molecule has 0 bridgehead atoms. The Balaban J connectivity index is 3.01. The first-order chi connectivity index (χ1) is 8.58. The number of carbonyl (C=O) groups excluding carboxylic acids is 1. The summed E-state index contributed by atoms with van der Waals surface area (Å²) in [7, 11) is 0. The first-order valence-corrected chi connectivity index (χ1v) is 6.80. The number of carbonyl (C=O) groups is 1. The predicted molar refractivity (Wildman–Crippen MR) is 76.4 cm³/mol. The summed E-state index contributed by atoms with van der Waals surface area (Å²) in [6.07, 6.45) is 2.02. The maximum atomic E-state index is 11.1. The molecule has 1 aromatic rings. The number of aliphatic hydroxyl groups is 1. The summed E-state index contributed by atoms with van der Waals surface area (Å²) in [6.45, 7) is 2.96. The van der Waals surface area contributed by atoms with Gasteiger partial charge < -0.3 is 15.7 Å². The van der Waals surface area contributed by atoms with E-state index in [1.807, 2.05) is 23.1 Å². The SMILES string of the molecule is CCCCN(CC(N)=O)c1cc(Br)ccc1CO. The van der Waals surface area contributed by atoms with Gasteiger partial charge in [0.15, 0.2) is 0 Å². The summed E-state index contributed by atoms with van der Waals surface area (Å²) in [5.41, 5.74) is 6.94. The van der Waals surface area contributed by atoms with Gasteiger partial charge >= 0.3 is 0 Å². The molecular weight excluding hydrogens is 296 g/mol. The second-order valence-electron chi connectivity index (χ2n) is 4.17. The van der Waals surface area contributed by atoms with Gasteiger partial charge in [-0.3, -0.25) is 4.79 Å². The molecule has 0 aliphatic heterocycles. The van der Waals surface area contributed by atoms with Crippen LogP contribution in [0.25, 0.3) is 0 Å². The minimum absolute atomic E-state index is 0.0516. The molecule has 0 aliphatic carbocycles. The Morgan fingerprint density at radius 2 is 2.22 bits per heavy atom. The molecule has 3 N–H and O–H groups in total. The molecule has 18 heavy (non-hydrogen) atoms. The molecule has 0 aromatic heterocycles. The lowest BCUT2D eigenvalue weighted by Gasteiger charge is -2.25. The van der Waals surface area contributed by atoms with Crippen LogP contribution in [0.4, 0.5) is 5.69 Å². The maximum absolute atomic E-state index is 11.1. The van der Waals surface area contributed by atoms with Gasteiger partial charge in [0, 0.05) is 22.3 Å². The van der Waals surface area contributed by atoms with E-state index in [9.17, 15) is 9.90 Å². The van der Waals surface area contributed by atoms with Crippen molar-refractivity contribution in [1.29, 1.82) is 0 Å². The summed E-state index contributed by atoms with van der Waals surface area (Å²) in [5.74, 6) is -0.366. The van der Waals surface area contributed by atoms with E-state index >= 15 is 0 Å². The van der Waals surface area contributed by atoms with Crippen LogP contribution >= 0.6 is 15.9 Å². The van der Waals surface area contributed by atoms with Crippen LogP contribution in [0.1, 0.15) is 25.3 Å². The zero-order valence-electron chi connectivity index (χ0n) is 10.5. The Morgan fingerprint density at radius 1 is 1.50 bits per heavy atom. The van der Waals surface area contributed by atoms with Crippen molar-refractivity contribution in [2.45, 2.75) is 26.4 Å². The topological polar surface area (TPSA) is 66.6 Å². The number of unbranched alkanes of at least 4 members (excludes halogenated alkanes) is 1. The maximum Gasteiger partial charge on any atom is 0.236 e. The zero-order chi connectivity index (χ0) is 13.5. The molecule has 0 unspecified atom stereocenters. The number of hydrogen-bond donors (Lipinski definition) is 2. The van der Waals surface area contributed by atoms with Crippen molar-refractivity contribution in [3.05, 3.63) is 28.2 Å². The van der Waals surface area contributed by atoms with E-state index in [4.69, 9.17) is 5.73 Å². The van der Waals surface area contributed by atoms with Crippen LogP contribution in [0.2, 0.25) is 0 Å². The van der Waals surface area contributed by atoms with E-state index in [0.717, 1.165) is 35.1 Å². The summed E-state index contributed by atoms with van der Waals surface area (Å²) in [4.78, 5) is 13.1. The fraction of sp³-hybridized carbons (Fsp3) is 0.462. The van der Waals surface area contributed by atoms with Crippen LogP contribution in [0.3, 0.4) is 0 Å². The lowest BCUT2D eigenvalue weighted by Crippen LogP contribution is -2.35. The summed E-state index contributed by atoms with van der Waals surface area (Å²) >= 11 is 3.40. The summed E-state index contributed by atoms with van der Waals surface area (Å²) in [5, 5.41) is 9.36. The number of halogens is 1. The Hall–Kier alpha value is -1.07. The van der Waals surface area contributed by atoms with Crippen molar-refractivity contribution >= 4 is 27.5 Å². The van der Waals surface area contributed by atoms with Gasteiger partial charge in [-0.05, 0) is 18.6 Å². The molecule has 0 saturated heterocycles. The van der Waals surface area contributed by atoms with E-state index < -0.39 is 0 Å². The van der Waals surface area contributed by atoms with Gasteiger partial charge in [0.1, 0.15) is 0 Å². The first-order valence-electron chi connectivity index (χ1n) is 6.01. The Morgan fingerprint density at radius 3 is 2.78 bits per heavy atom. The van der Waals surface area contributed by atoms with E-state index in [2.05, 4.69) is 22.9 Å². The monoisotopic (exact) mass is 314 g/mol. The smallest absolute Gasteiger partial charge is 0.236 e. The molecule has 0 atom stereocenters. The molecule has 0 spiro atoms. The molecule has 5 heteroatoms. The Labute approximate surface area is 116 Å². The normalized spacial score (nSPS) is 10.4. The molecule has 0 heterocycles. The molecule has 0 radical (unpaired) electrons. The van der Waals surface area contributed by atoms with Gasteiger partial charge in [-0.15, -0.1) is 0 Å². The van der Waals surface area contributed by atoms with Gasteiger partial charge in [0.05, 0.1) is 13.2 Å². The molecule has 1 amide bonds. The molecule has 1 rings (SSSR count). The number of rotatable bonds is 7. The third-order valence-corrected chi connectivity index (χ3v) is 3.18. The van der Waals surface area contributed by atoms with Gasteiger partial charge in [-0.1, -0.05) is 35.3 Å². The van der Waals surface area contributed by atoms with Crippen molar-refractivity contribution < 1.29 is 9.90 Å². The highest BCUT2D eigenvalue weighted by Crippen LogP contribution is 2.25. The third kappa shape index (κ3) is 4.31. The van der Waals surface area contributed by atoms with Crippen molar-refractivity contribution in [2.75, 3.05) is 18.0 Å². The largest absolute Gasteiger partial charge is 0.392 e. The highest BCUT2D eigenvalue weighted by Gasteiger charge is 2.13. The van der Waals surface area contributed by atoms with Crippen LogP contribution in [-0.4, -0.2) is 24.1 Å². The average Bonchev–Trinajstić information content (AvgIpc) is 2.34. The number of amides is 1.